The van der Waals surface area contributed by atoms with Crippen molar-refractivity contribution in [3.8, 4) is 0 Å². The lowest BCUT2D eigenvalue weighted by atomic mass is 10.1. The number of aromatic nitrogens is 2. The van der Waals surface area contributed by atoms with E-state index in [2.05, 4.69) is 20.2 Å². The van der Waals surface area contributed by atoms with E-state index in [1.807, 2.05) is 13.0 Å². The van der Waals surface area contributed by atoms with E-state index in [0.717, 1.165) is 50.4 Å². The second-order valence-corrected chi connectivity index (χ2v) is 5.57. The molecule has 0 bridgehead atoms. The quantitative estimate of drug-likeness (QED) is 0.889. The van der Waals surface area contributed by atoms with Crippen LogP contribution in [0.4, 0.5) is 5.95 Å². The molecule has 1 N–H and O–H groups in total. The summed E-state index contributed by atoms with van der Waals surface area (Å²) in [6.45, 7) is 3.77. The Hall–Kier alpha value is -1.65. The molecule has 3 rings (SSSR count). The first kappa shape index (κ1) is 12.4. The number of hydrogen-bond donors (Lipinski definition) is 1. The maximum absolute atomic E-state index is 11.8. The van der Waals surface area contributed by atoms with Crippen molar-refractivity contribution in [3.05, 3.63) is 18.0 Å². The minimum Gasteiger partial charge on any atom is -0.351 e. The van der Waals surface area contributed by atoms with Crippen molar-refractivity contribution in [1.82, 2.24) is 15.3 Å². The molecule has 0 radical (unpaired) electrons. The van der Waals surface area contributed by atoms with E-state index in [1.54, 1.807) is 6.20 Å². The van der Waals surface area contributed by atoms with Crippen molar-refractivity contribution in [3.63, 3.8) is 0 Å². The predicted molar refractivity (Wildman–Crippen MR) is 72.9 cm³/mol. The fourth-order valence-electron chi connectivity index (χ4n) is 2.53. The van der Waals surface area contributed by atoms with Gasteiger partial charge in [-0.1, -0.05) is 0 Å². The molecule has 0 aromatic carbocycles. The lowest BCUT2D eigenvalue weighted by molar-refractivity contribution is -0.123. The fourth-order valence-corrected chi connectivity index (χ4v) is 2.53. The molecule has 1 saturated carbocycles. The van der Waals surface area contributed by atoms with Gasteiger partial charge in [0.15, 0.2) is 0 Å². The topological polar surface area (TPSA) is 58.1 Å². The number of nitrogens with one attached hydrogen (secondary N) is 1. The van der Waals surface area contributed by atoms with Crippen molar-refractivity contribution >= 4 is 11.9 Å². The number of piperidine rings is 1. The Labute approximate surface area is 113 Å². The molecule has 1 unspecified atom stereocenters. The number of carbonyl (C=O) groups excluding carboxylic acids is 1. The van der Waals surface area contributed by atoms with E-state index >= 15 is 0 Å². The van der Waals surface area contributed by atoms with Gasteiger partial charge in [0, 0.05) is 36.9 Å². The van der Waals surface area contributed by atoms with Crippen LogP contribution in [0.1, 0.15) is 31.4 Å². The van der Waals surface area contributed by atoms with Crippen molar-refractivity contribution in [2.45, 2.75) is 38.6 Å². The Kier molecular flexibility index (Phi) is 3.36. The number of rotatable bonds is 3. The number of nitrogens with zero attached hydrogens (tertiary/aromatic N) is 3. The molecular formula is C14H20N4O. The van der Waals surface area contributed by atoms with Gasteiger partial charge in [0.2, 0.25) is 11.9 Å². The summed E-state index contributed by atoms with van der Waals surface area (Å²) >= 11 is 0. The van der Waals surface area contributed by atoms with Gasteiger partial charge in [0.25, 0.3) is 0 Å². The Morgan fingerprint density at radius 3 is 3.00 bits per heavy atom. The fraction of sp³-hybridized carbons (Fsp3) is 0.643. The summed E-state index contributed by atoms with van der Waals surface area (Å²) in [6, 6.07) is 2.14. The summed E-state index contributed by atoms with van der Waals surface area (Å²) in [5.41, 5.74) is 0.981. The van der Waals surface area contributed by atoms with Gasteiger partial charge in [-0.2, -0.15) is 0 Å². The van der Waals surface area contributed by atoms with E-state index in [4.69, 9.17) is 0 Å². The van der Waals surface area contributed by atoms with Crippen LogP contribution in [-0.2, 0) is 4.79 Å². The zero-order valence-corrected chi connectivity index (χ0v) is 11.3. The predicted octanol–water partition coefficient (Wildman–Crippen LogP) is 1.28. The van der Waals surface area contributed by atoms with Crippen molar-refractivity contribution < 1.29 is 4.79 Å². The summed E-state index contributed by atoms with van der Waals surface area (Å²) in [5, 5.41) is 3.16. The van der Waals surface area contributed by atoms with Crippen molar-refractivity contribution in [2.75, 3.05) is 18.0 Å². The molecule has 2 aliphatic rings. The van der Waals surface area contributed by atoms with Crippen LogP contribution in [0.25, 0.3) is 0 Å². The molecule has 1 aliphatic carbocycles. The van der Waals surface area contributed by atoms with Crippen LogP contribution in [0.15, 0.2) is 12.3 Å². The SMILES string of the molecule is Cc1ccnc(N2CCCC(NC(=O)C3CC3)C2)n1. The van der Waals surface area contributed by atoms with E-state index in [0.29, 0.717) is 0 Å². The molecule has 2 fully saturated rings. The van der Waals surface area contributed by atoms with Crippen LogP contribution in [0.3, 0.4) is 0 Å². The second kappa shape index (κ2) is 5.15. The molecule has 1 saturated heterocycles. The normalized spacial score (nSPS) is 23.2. The summed E-state index contributed by atoms with van der Waals surface area (Å²) in [7, 11) is 0. The standard InChI is InChI=1S/C14H20N4O/c1-10-6-7-15-14(16-10)18-8-2-3-12(9-18)17-13(19)11-4-5-11/h6-7,11-12H,2-5,8-9H2,1H3,(H,17,19). The van der Waals surface area contributed by atoms with E-state index < -0.39 is 0 Å². The van der Waals surface area contributed by atoms with Gasteiger partial charge in [0.05, 0.1) is 0 Å². The number of amides is 1. The minimum atomic E-state index is 0.233. The van der Waals surface area contributed by atoms with Gasteiger partial charge >= 0.3 is 0 Å². The second-order valence-electron chi connectivity index (χ2n) is 5.57. The molecule has 0 spiro atoms. The maximum Gasteiger partial charge on any atom is 0.225 e. The van der Waals surface area contributed by atoms with Gasteiger partial charge in [-0.05, 0) is 38.7 Å². The molecule has 5 heteroatoms. The Bertz CT molecular complexity index is 472. The highest BCUT2D eigenvalue weighted by Crippen LogP contribution is 2.29. The molecular weight excluding hydrogens is 240 g/mol. The Morgan fingerprint density at radius 2 is 2.26 bits per heavy atom. The smallest absolute Gasteiger partial charge is 0.225 e. The van der Waals surface area contributed by atoms with Crippen LogP contribution in [0.2, 0.25) is 0 Å². The molecule has 2 heterocycles. The first-order valence-corrected chi connectivity index (χ1v) is 7.07. The van der Waals surface area contributed by atoms with E-state index in [1.165, 1.54) is 0 Å². The van der Waals surface area contributed by atoms with Crippen LogP contribution >= 0.6 is 0 Å². The summed E-state index contributed by atoms with van der Waals surface area (Å²) in [5.74, 6) is 1.30. The van der Waals surface area contributed by atoms with Gasteiger partial charge in [-0.15, -0.1) is 0 Å². The monoisotopic (exact) mass is 260 g/mol. The Balaban J connectivity index is 1.62. The first-order valence-electron chi connectivity index (χ1n) is 7.07. The summed E-state index contributed by atoms with van der Waals surface area (Å²) < 4.78 is 0. The van der Waals surface area contributed by atoms with Crippen LogP contribution in [0.5, 0.6) is 0 Å². The molecule has 1 amide bonds. The van der Waals surface area contributed by atoms with Gasteiger partial charge in [0.1, 0.15) is 0 Å². The minimum absolute atomic E-state index is 0.233. The molecule has 1 aromatic heterocycles. The van der Waals surface area contributed by atoms with Gasteiger partial charge in [-0.3, -0.25) is 4.79 Å². The third-order valence-corrected chi connectivity index (χ3v) is 3.78. The lowest BCUT2D eigenvalue weighted by Gasteiger charge is -2.33. The molecule has 1 atom stereocenters. The van der Waals surface area contributed by atoms with Crippen LogP contribution in [-0.4, -0.2) is 35.0 Å². The van der Waals surface area contributed by atoms with Gasteiger partial charge < -0.3 is 10.2 Å². The zero-order chi connectivity index (χ0) is 13.2. The molecule has 1 aliphatic heterocycles. The molecule has 5 nitrogen and oxygen atoms in total. The number of anilines is 1. The van der Waals surface area contributed by atoms with E-state index in [9.17, 15) is 4.79 Å². The number of hydrogen-bond acceptors (Lipinski definition) is 4. The number of carbonyl (C=O) groups is 1. The van der Waals surface area contributed by atoms with Crippen LogP contribution < -0.4 is 10.2 Å². The molecule has 19 heavy (non-hydrogen) atoms. The highest BCUT2D eigenvalue weighted by molar-refractivity contribution is 5.81. The Morgan fingerprint density at radius 1 is 1.42 bits per heavy atom. The highest BCUT2D eigenvalue weighted by atomic mass is 16.2. The lowest BCUT2D eigenvalue weighted by Crippen LogP contribution is -2.48. The molecule has 1 aromatic rings. The third kappa shape index (κ3) is 3.03. The maximum atomic E-state index is 11.8. The number of aryl methyl sites for hydroxylation is 1. The van der Waals surface area contributed by atoms with Crippen LogP contribution in [0, 0.1) is 12.8 Å². The summed E-state index contributed by atoms with van der Waals surface area (Å²) in [6.07, 6.45) is 6.05. The van der Waals surface area contributed by atoms with Crippen molar-refractivity contribution in [1.29, 1.82) is 0 Å². The zero-order valence-electron chi connectivity index (χ0n) is 11.3. The average molecular weight is 260 g/mol. The molecule has 102 valence electrons. The third-order valence-electron chi connectivity index (χ3n) is 3.78. The summed E-state index contributed by atoms with van der Waals surface area (Å²) in [4.78, 5) is 22.8. The average Bonchev–Trinajstić information content (AvgIpc) is 3.23. The van der Waals surface area contributed by atoms with Crippen molar-refractivity contribution in [2.24, 2.45) is 5.92 Å². The van der Waals surface area contributed by atoms with Gasteiger partial charge in [-0.25, -0.2) is 9.97 Å². The highest BCUT2D eigenvalue weighted by Gasteiger charge is 2.32. The largest absolute Gasteiger partial charge is 0.351 e. The van der Waals surface area contributed by atoms with E-state index in [-0.39, 0.29) is 17.9 Å². The first-order chi connectivity index (χ1) is 9.22.